The molecule has 1 aliphatic rings. The first-order valence-corrected chi connectivity index (χ1v) is 10.1. The van der Waals surface area contributed by atoms with E-state index in [0.717, 1.165) is 25.7 Å². The molecule has 1 aromatic carbocycles. The number of hydrogen-bond acceptors (Lipinski definition) is 3. The van der Waals surface area contributed by atoms with Gasteiger partial charge < -0.3 is 0 Å². The van der Waals surface area contributed by atoms with Crippen molar-refractivity contribution in [2.24, 2.45) is 0 Å². The molecule has 0 spiro atoms. The number of hydrogen-bond donors (Lipinski definition) is 1. The van der Waals surface area contributed by atoms with Crippen LogP contribution < -0.4 is 4.72 Å². The summed E-state index contributed by atoms with van der Waals surface area (Å²) in [5.74, 6) is 0. The number of halogens is 1. The molecule has 118 valence electrons. The molecule has 1 aromatic heterocycles. The molecule has 0 unspecified atom stereocenters. The van der Waals surface area contributed by atoms with Gasteiger partial charge in [-0.1, -0.05) is 30.5 Å². The molecule has 1 heterocycles. The monoisotopic (exact) mass is 355 g/mol. The minimum Gasteiger partial charge on any atom is -0.210 e. The highest BCUT2D eigenvalue weighted by Gasteiger charge is 2.37. The minimum atomic E-state index is -3.53. The second kappa shape index (κ2) is 6.32. The van der Waals surface area contributed by atoms with E-state index in [9.17, 15) is 8.42 Å². The highest BCUT2D eigenvalue weighted by molar-refractivity contribution is 7.89. The van der Waals surface area contributed by atoms with Crippen molar-refractivity contribution in [3.05, 3.63) is 51.7 Å². The first kappa shape index (κ1) is 16.0. The van der Waals surface area contributed by atoms with Crippen molar-refractivity contribution in [1.82, 2.24) is 4.72 Å². The van der Waals surface area contributed by atoms with Gasteiger partial charge in [0.2, 0.25) is 10.0 Å². The average molecular weight is 356 g/mol. The minimum absolute atomic E-state index is 0.0638. The smallest absolute Gasteiger partial charge is 0.210 e. The molecule has 2 aromatic rings. The molecule has 1 saturated carbocycles. The molecule has 0 saturated heterocycles. The molecule has 22 heavy (non-hydrogen) atoms. The van der Waals surface area contributed by atoms with Crippen molar-refractivity contribution in [3.8, 4) is 0 Å². The number of benzene rings is 1. The Morgan fingerprint density at radius 1 is 1.23 bits per heavy atom. The Balaban J connectivity index is 1.81. The molecular weight excluding hydrogens is 338 g/mol. The van der Waals surface area contributed by atoms with Crippen molar-refractivity contribution in [1.29, 1.82) is 0 Å². The van der Waals surface area contributed by atoms with Gasteiger partial charge in [0.1, 0.15) is 0 Å². The lowest BCUT2D eigenvalue weighted by Crippen LogP contribution is -2.38. The van der Waals surface area contributed by atoms with E-state index < -0.39 is 10.0 Å². The van der Waals surface area contributed by atoms with Gasteiger partial charge in [0.25, 0.3) is 0 Å². The van der Waals surface area contributed by atoms with Gasteiger partial charge in [0.05, 0.1) is 4.90 Å². The van der Waals surface area contributed by atoms with Crippen LogP contribution in [0, 0.1) is 0 Å². The zero-order chi connectivity index (χ0) is 15.6. The standard InChI is InChI=1S/C16H18ClNO2S2/c17-14-4-3-5-15(10-14)22(19,20)18-12-16(7-1-2-8-16)13-6-9-21-11-13/h3-6,9-11,18H,1-2,7-8,12H2. The van der Waals surface area contributed by atoms with Gasteiger partial charge in [-0.25, -0.2) is 13.1 Å². The predicted octanol–water partition coefficient (Wildman–Crippen LogP) is 4.19. The lowest BCUT2D eigenvalue weighted by atomic mass is 9.81. The Kier molecular flexibility index (Phi) is 4.59. The largest absolute Gasteiger partial charge is 0.240 e. The van der Waals surface area contributed by atoms with E-state index in [1.807, 2.05) is 0 Å². The molecule has 1 aliphatic carbocycles. The fourth-order valence-corrected chi connectivity index (χ4v) is 5.34. The van der Waals surface area contributed by atoms with Crippen LogP contribution in [0.5, 0.6) is 0 Å². The summed E-state index contributed by atoms with van der Waals surface area (Å²) in [6, 6.07) is 8.49. The van der Waals surface area contributed by atoms with Crippen LogP contribution in [0.1, 0.15) is 31.2 Å². The van der Waals surface area contributed by atoms with Crippen molar-refractivity contribution in [2.75, 3.05) is 6.54 Å². The number of nitrogens with one attached hydrogen (secondary N) is 1. The third kappa shape index (κ3) is 3.23. The van der Waals surface area contributed by atoms with Crippen LogP contribution in [0.2, 0.25) is 5.02 Å². The third-order valence-corrected chi connectivity index (χ3v) is 6.72. The maximum atomic E-state index is 12.5. The van der Waals surface area contributed by atoms with Gasteiger partial charge in [0.15, 0.2) is 0 Å². The molecule has 1 fully saturated rings. The quantitative estimate of drug-likeness (QED) is 0.874. The summed E-state index contributed by atoms with van der Waals surface area (Å²) in [4.78, 5) is 0.221. The lowest BCUT2D eigenvalue weighted by molar-refractivity contribution is 0.433. The fraction of sp³-hybridized carbons (Fsp3) is 0.375. The fourth-order valence-electron chi connectivity index (χ4n) is 3.14. The highest BCUT2D eigenvalue weighted by Crippen LogP contribution is 2.41. The predicted molar refractivity (Wildman–Crippen MR) is 91.1 cm³/mol. The second-order valence-corrected chi connectivity index (χ2v) is 8.76. The molecule has 0 atom stereocenters. The Bertz CT molecular complexity index is 735. The second-order valence-electron chi connectivity index (χ2n) is 5.78. The van der Waals surface area contributed by atoms with Gasteiger partial charge in [-0.15, -0.1) is 0 Å². The summed E-state index contributed by atoms with van der Waals surface area (Å²) < 4.78 is 27.8. The highest BCUT2D eigenvalue weighted by atomic mass is 35.5. The molecule has 0 bridgehead atoms. The van der Waals surface area contributed by atoms with E-state index in [2.05, 4.69) is 21.5 Å². The molecule has 3 rings (SSSR count). The maximum absolute atomic E-state index is 12.5. The maximum Gasteiger partial charge on any atom is 0.240 e. The molecule has 6 heteroatoms. The van der Waals surface area contributed by atoms with Crippen LogP contribution in [0.4, 0.5) is 0 Å². The van der Waals surface area contributed by atoms with Crippen molar-refractivity contribution in [2.45, 2.75) is 36.0 Å². The summed E-state index contributed by atoms with van der Waals surface area (Å²) in [6.07, 6.45) is 4.35. The molecule has 0 amide bonds. The molecule has 0 radical (unpaired) electrons. The number of sulfonamides is 1. The Morgan fingerprint density at radius 3 is 2.64 bits per heavy atom. The molecule has 3 nitrogen and oxygen atoms in total. The summed E-state index contributed by atoms with van der Waals surface area (Å²) in [6.45, 7) is 0.443. The van der Waals surface area contributed by atoms with E-state index in [1.54, 1.807) is 29.5 Å². The van der Waals surface area contributed by atoms with Crippen LogP contribution in [0.3, 0.4) is 0 Å². The van der Waals surface area contributed by atoms with E-state index >= 15 is 0 Å². The third-order valence-electron chi connectivity index (χ3n) is 4.40. The summed E-state index contributed by atoms with van der Waals surface area (Å²) in [7, 11) is -3.53. The van der Waals surface area contributed by atoms with Gasteiger partial charge in [-0.05, 0) is 53.4 Å². The van der Waals surface area contributed by atoms with E-state index in [1.165, 1.54) is 11.6 Å². The van der Waals surface area contributed by atoms with Gasteiger partial charge >= 0.3 is 0 Å². The Morgan fingerprint density at radius 2 is 2.00 bits per heavy atom. The summed E-state index contributed by atoms with van der Waals surface area (Å²) in [5, 5.41) is 4.62. The lowest BCUT2D eigenvalue weighted by Gasteiger charge is -2.28. The van der Waals surface area contributed by atoms with Crippen LogP contribution in [0.25, 0.3) is 0 Å². The zero-order valence-corrected chi connectivity index (χ0v) is 14.5. The normalized spacial score (nSPS) is 17.7. The topological polar surface area (TPSA) is 46.2 Å². The summed E-state index contributed by atoms with van der Waals surface area (Å²) in [5.41, 5.74) is 1.19. The Labute approximate surface area is 140 Å². The van der Waals surface area contributed by atoms with Crippen LogP contribution in [-0.2, 0) is 15.4 Å². The van der Waals surface area contributed by atoms with Crippen molar-refractivity contribution < 1.29 is 8.42 Å². The SMILES string of the molecule is O=S(=O)(NCC1(c2ccsc2)CCCC1)c1cccc(Cl)c1. The van der Waals surface area contributed by atoms with Crippen LogP contribution in [-0.4, -0.2) is 15.0 Å². The summed E-state index contributed by atoms with van der Waals surface area (Å²) >= 11 is 7.56. The van der Waals surface area contributed by atoms with Crippen molar-refractivity contribution in [3.63, 3.8) is 0 Å². The van der Waals surface area contributed by atoms with E-state index in [-0.39, 0.29) is 10.3 Å². The van der Waals surface area contributed by atoms with Gasteiger partial charge in [-0.3, -0.25) is 0 Å². The first-order valence-electron chi connectivity index (χ1n) is 7.30. The van der Waals surface area contributed by atoms with Gasteiger partial charge in [-0.2, -0.15) is 11.3 Å². The first-order chi connectivity index (χ1) is 10.5. The molecule has 0 aliphatic heterocycles. The molecule has 1 N–H and O–H groups in total. The Hall–Kier alpha value is -0.880. The van der Waals surface area contributed by atoms with E-state index in [4.69, 9.17) is 11.6 Å². The number of thiophene rings is 1. The van der Waals surface area contributed by atoms with Crippen molar-refractivity contribution >= 4 is 33.0 Å². The van der Waals surface area contributed by atoms with Crippen LogP contribution in [0.15, 0.2) is 46.0 Å². The number of rotatable bonds is 5. The van der Waals surface area contributed by atoms with Gasteiger partial charge in [0, 0.05) is 17.0 Å². The molecular formula is C16H18ClNO2S2. The average Bonchev–Trinajstić information content (AvgIpc) is 3.17. The van der Waals surface area contributed by atoms with E-state index in [0.29, 0.717) is 11.6 Å². The van der Waals surface area contributed by atoms with Crippen LogP contribution >= 0.6 is 22.9 Å². The zero-order valence-electron chi connectivity index (χ0n) is 12.1.